The number of hydrogen-bond donors (Lipinski definition) is 0. The minimum absolute atomic E-state index is 0.298. The molecule has 0 aliphatic carbocycles. The number of benzene rings is 1. The van der Waals surface area contributed by atoms with Crippen molar-refractivity contribution in [3.05, 3.63) is 35.9 Å². The zero-order valence-corrected chi connectivity index (χ0v) is 12.6. The van der Waals surface area contributed by atoms with Crippen molar-refractivity contribution in [1.29, 1.82) is 0 Å². The monoisotopic (exact) mass is 293 g/mol. The van der Waals surface area contributed by atoms with E-state index >= 15 is 0 Å². The lowest BCUT2D eigenvalue weighted by molar-refractivity contribution is -0.123. The summed E-state index contributed by atoms with van der Waals surface area (Å²) in [5.41, 5.74) is 0.579. The van der Waals surface area contributed by atoms with Gasteiger partial charge in [-0.3, -0.25) is 4.99 Å². The van der Waals surface area contributed by atoms with Crippen molar-refractivity contribution in [2.45, 2.75) is 0 Å². The lowest BCUT2D eigenvalue weighted by atomic mass is 10.2. The summed E-state index contributed by atoms with van der Waals surface area (Å²) >= 11 is 1.64. The van der Waals surface area contributed by atoms with Gasteiger partial charge in [0, 0.05) is 20.1 Å². The van der Waals surface area contributed by atoms with Gasteiger partial charge in [0.2, 0.25) is 0 Å². The predicted octanol–water partition coefficient (Wildman–Crippen LogP) is 1.72. The molecule has 0 N–H and O–H groups in total. The van der Waals surface area contributed by atoms with E-state index in [-0.39, 0.29) is 5.97 Å². The van der Waals surface area contributed by atoms with Crippen molar-refractivity contribution < 1.29 is 9.63 Å². The van der Waals surface area contributed by atoms with Crippen LogP contribution >= 0.6 is 11.8 Å². The number of aliphatic imine (C=N–C) groups is 1. The topological polar surface area (TPSA) is 45.1 Å². The fourth-order valence-corrected chi connectivity index (χ4v) is 2.70. The molecule has 0 saturated carbocycles. The molecule has 1 fully saturated rings. The summed E-state index contributed by atoms with van der Waals surface area (Å²) in [6.07, 6.45) is 2.02. The Morgan fingerprint density at radius 3 is 2.40 bits per heavy atom. The summed E-state index contributed by atoms with van der Waals surface area (Å²) < 4.78 is 0. The summed E-state index contributed by atoms with van der Waals surface area (Å²) in [4.78, 5) is 23.8. The highest BCUT2D eigenvalue weighted by atomic mass is 32.2. The predicted molar refractivity (Wildman–Crippen MR) is 81.9 cm³/mol. The van der Waals surface area contributed by atoms with Crippen LogP contribution in [0.15, 0.2) is 35.3 Å². The van der Waals surface area contributed by atoms with Gasteiger partial charge in [0.15, 0.2) is 5.17 Å². The largest absolute Gasteiger partial charge is 0.364 e. The highest BCUT2D eigenvalue weighted by Gasteiger charge is 2.22. The first-order valence-electron chi connectivity index (χ1n) is 6.52. The minimum Gasteiger partial charge on any atom is -0.364 e. The molecule has 0 atom stereocenters. The van der Waals surface area contributed by atoms with Crippen LogP contribution in [-0.4, -0.2) is 60.6 Å². The Labute approximate surface area is 123 Å². The van der Waals surface area contributed by atoms with E-state index in [0.717, 1.165) is 18.3 Å². The van der Waals surface area contributed by atoms with Crippen LogP contribution in [0.5, 0.6) is 0 Å². The van der Waals surface area contributed by atoms with Crippen molar-refractivity contribution in [2.24, 2.45) is 4.99 Å². The maximum Gasteiger partial charge on any atom is 0.357 e. The van der Waals surface area contributed by atoms with Crippen LogP contribution in [0, 0.1) is 0 Å². The molecule has 1 aromatic rings. The molecular weight excluding hydrogens is 274 g/mol. The molecule has 20 heavy (non-hydrogen) atoms. The first-order chi connectivity index (χ1) is 9.74. The van der Waals surface area contributed by atoms with Gasteiger partial charge in [-0.05, 0) is 18.4 Å². The Kier molecular flexibility index (Phi) is 5.43. The molecule has 5 nitrogen and oxygen atoms in total. The Morgan fingerprint density at radius 2 is 1.85 bits per heavy atom. The molecule has 0 radical (unpaired) electrons. The quantitative estimate of drug-likeness (QED) is 0.614. The molecule has 1 aromatic carbocycles. The van der Waals surface area contributed by atoms with Crippen molar-refractivity contribution >= 4 is 22.9 Å². The van der Waals surface area contributed by atoms with E-state index in [2.05, 4.69) is 9.89 Å². The van der Waals surface area contributed by atoms with E-state index in [1.807, 2.05) is 24.5 Å². The number of hydroxylamine groups is 2. The van der Waals surface area contributed by atoms with Crippen molar-refractivity contribution in [3.63, 3.8) is 0 Å². The molecular formula is C14H19N3O2S. The molecule has 1 saturated heterocycles. The van der Waals surface area contributed by atoms with Gasteiger partial charge < -0.3 is 9.74 Å². The SMILES string of the molecule is C/N=C(\SC)N1CCN(OC(=O)c2ccccc2)CC1. The van der Waals surface area contributed by atoms with Crippen LogP contribution < -0.4 is 0 Å². The van der Waals surface area contributed by atoms with Gasteiger partial charge in [0.1, 0.15) is 0 Å². The second kappa shape index (κ2) is 7.31. The third-order valence-corrected chi connectivity index (χ3v) is 3.91. The summed E-state index contributed by atoms with van der Waals surface area (Å²) in [5.74, 6) is -0.298. The summed E-state index contributed by atoms with van der Waals surface area (Å²) in [5, 5.41) is 2.75. The van der Waals surface area contributed by atoms with Crippen molar-refractivity contribution in [3.8, 4) is 0 Å². The van der Waals surface area contributed by atoms with Gasteiger partial charge in [-0.1, -0.05) is 30.0 Å². The lowest BCUT2D eigenvalue weighted by Gasteiger charge is -2.34. The van der Waals surface area contributed by atoms with Crippen LogP contribution in [0.2, 0.25) is 0 Å². The number of nitrogens with zero attached hydrogens (tertiary/aromatic N) is 3. The van der Waals surface area contributed by atoms with Crippen molar-refractivity contribution in [2.75, 3.05) is 39.5 Å². The second-order valence-corrected chi connectivity index (χ2v) is 5.14. The average Bonchev–Trinajstić information content (AvgIpc) is 2.51. The van der Waals surface area contributed by atoms with E-state index in [9.17, 15) is 4.79 Å². The van der Waals surface area contributed by atoms with Gasteiger partial charge in [-0.2, -0.15) is 0 Å². The summed E-state index contributed by atoms with van der Waals surface area (Å²) in [6.45, 7) is 3.02. The van der Waals surface area contributed by atoms with Gasteiger partial charge in [0.25, 0.3) is 0 Å². The number of amidine groups is 1. The molecule has 1 aliphatic rings. The summed E-state index contributed by atoms with van der Waals surface area (Å²) in [7, 11) is 1.80. The second-order valence-electron chi connectivity index (χ2n) is 4.37. The van der Waals surface area contributed by atoms with Crippen LogP contribution in [0.3, 0.4) is 0 Å². The third-order valence-electron chi connectivity index (χ3n) is 3.10. The summed E-state index contributed by atoms with van der Waals surface area (Å²) in [6, 6.07) is 9.06. The molecule has 108 valence electrons. The Bertz CT molecular complexity index is 471. The average molecular weight is 293 g/mol. The van der Waals surface area contributed by atoms with E-state index in [4.69, 9.17) is 4.84 Å². The molecule has 1 aliphatic heterocycles. The standard InChI is InChI=1S/C14H19N3O2S/c1-15-14(20-2)16-8-10-17(11-9-16)19-13(18)12-6-4-3-5-7-12/h3-7H,8-11H2,1-2H3/b15-14-. The van der Waals surface area contributed by atoms with E-state index < -0.39 is 0 Å². The maximum absolute atomic E-state index is 11.9. The number of carbonyl (C=O) groups excluding carboxylic acids is 1. The molecule has 0 spiro atoms. The first kappa shape index (κ1) is 14.9. The zero-order valence-electron chi connectivity index (χ0n) is 11.8. The number of thioether (sulfide) groups is 1. The number of hydrogen-bond acceptors (Lipinski definition) is 5. The van der Waals surface area contributed by atoms with Crippen LogP contribution in [0.25, 0.3) is 0 Å². The van der Waals surface area contributed by atoms with Gasteiger partial charge in [-0.25, -0.2) is 4.79 Å². The number of rotatable bonds is 2. The molecule has 0 amide bonds. The highest BCUT2D eigenvalue weighted by Crippen LogP contribution is 2.11. The van der Waals surface area contributed by atoms with E-state index in [1.54, 1.807) is 36.0 Å². The molecule has 0 bridgehead atoms. The molecule has 0 aromatic heterocycles. The molecule has 0 unspecified atom stereocenters. The molecule has 6 heteroatoms. The van der Waals surface area contributed by atoms with Crippen LogP contribution in [-0.2, 0) is 4.84 Å². The van der Waals surface area contributed by atoms with Gasteiger partial charge in [0.05, 0.1) is 18.7 Å². The first-order valence-corrected chi connectivity index (χ1v) is 7.75. The van der Waals surface area contributed by atoms with Gasteiger partial charge in [-0.15, -0.1) is 5.06 Å². The molecule has 2 rings (SSSR count). The van der Waals surface area contributed by atoms with Crippen molar-refractivity contribution in [1.82, 2.24) is 9.96 Å². The number of carbonyl (C=O) groups is 1. The van der Waals surface area contributed by atoms with E-state index in [0.29, 0.717) is 18.7 Å². The third kappa shape index (κ3) is 3.74. The number of piperazine rings is 1. The fraction of sp³-hybridized carbons (Fsp3) is 0.429. The van der Waals surface area contributed by atoms with E-state index in [1.165, 1.54) is 0 Å². The van der Waals surface area contributed by atoms with Crippen LogP contribution in [0.1, 0.15) is 10.4 Å². The Hall–Kier alpha value is -1.53. The smallest absolute Gasteiger partial charge is 0.357 e. The maximum atomic E-state index is 11.9. The normalized spacial score (nSPS) is 17.1. The fourth-order valence-electron chi connectivity index (χ4n) is 2.08. The Morgan fingerprint density at radius 1 is 1.20 bits per heavy atom. The minimum atomic E-state index is -0.298. The Balaban J connectivity index is 1.84. The lowest BCUT2D eigenvalue weighted by Crippen LogP contribution is -2.48. The zero-order chi connectivity index (χ0) is 14.4. The highest BCUT2D eigenvalue weighted by molar-refractivity contribution is 8.13. The van der Waals surface area contributed by atoms with Crippen LogP contribution in [0.4, 0.5) is 0 Å². The van der Waals surface area contributed by atoms with Gasteiger partial charge >= 0.3 is 5.97 Å². The molecule has 1 heterocycles.